The van der Waals surface area contributed by atoms with Crippen LogP contribution in [0.1, 0.15) is 6.92 Å². The van der Waals surface area contributed by atoms with E-state index in [1.807, 2.05) is 0 Å². The van der Waals surface area contributed by atoms with Crippen LogP contribution in [0.2, 0.25) is 5.02 Å². The Kier molecular flexibility index (Phi) is 4.95. The molecule has 0 heterocycles. The summed E-state index contributed by atoms with van der Waals surface area (Å²) in [6.07, 6.45) is -0.837. The predicted molar refractivity (Wildman–Crippen MR) is 80.3 cm³/mol. The number of carbonyl (C=O) groups excluding carboxylic acids is 1. The first kappa shape index (κ1) is 15.8. The summed E-state index contributed by atoms with van der Waals surface area (Å²) in [6.45, 7) is 1.54. The lowest BCUT2D eigenvalue weighted by Gasteiger charge is -2.13. The van der Waals surface area contributed by atoms with Gasteiger partial charge in [-0.05, 0) is 43.3 Å². The predicted octanol–water partition coefficient (Wildman–Crippen LogP) is 3.62. The molecule has 22 heavy (non-hydrogen) atoms. The van der Waals surface area contributed by atoms with Gasteiger partial charge in [-0.2, -0.15) is 0 Å². The average molecular weight is 322 g/mol. The maximum absolute atomic E-state index is 11.9. The van der Waals surface area contributed by atoms with Gasteiger partial charge >= 0.3 is 5.97 Å². The largest absolute Gasteiger partial charge is 0.479 e. The van der Waals surface area contributed by atoms with Crippen molar-refractivity contribution >= 4 is 23.3 Å². The van der Waals surface area contributed by atoms with Crippen LogP contribution in [0, 0.1) is 10.1 Å². The van der Waals surface area contributed by atoms with Crippen LogP contribution in [0.3, 0.4) is 0 Å². The van der Waals surface area contributed by atoms with E-state index in [4.69, 9.17) is 21.1 Å². The first-order valence-electron chi connectivity index (χ1n) is 6.34. The van der Waals surface area contributed by atoms with Crippen molar-refractivity contribution in [2.45, 2.75) is 13.0 Å². The summed E-state index contributed by atoms with van der Waals surface area (Å²) in [5.41, 5.74) is -0.0785. The Morgan fingerprint density at radius 2 is 1.64 bits per heavy atom. The summed E-state index contributed by atoms with van der Waals surface area (Å²) in [5, 5.41) is 11.1. The molecule has 0 radical (unpaired) electrons. The molecule has 0 bridgehead atoms. The molecule has 2 aromatic carbocycles. The number of nitrogens with zero attached hydrogens (tertiary/aromatic N) is 1. The summed E-state index contributed by atoms with van der Waals surface area (Å²) >= 11 is 5.76. The van der Waals surface area contributed by atoms with Crippen LogP contribution < -0.4 is 9.47 Å². The van der Waals surface area contributed by atoms with Gasteiger partial charge in [-0.25, -0.2) is 4.79 Å². The number of hydrogen-bond donors (Lipinski definition) is 0. The van der Waals surface area contributed by atoms with Crippen LogP contribution in [0.5, 0.6) is 11.5 Å². The molecule has 0 aliphatic carbocycles. The SMILES string of the molecule is C[C@@H](Oc1ccc(Cl)cc1)C(=O)Oc1ccc([N+](=O)[O-])cc1. The Labute approximate surface area is 131 Å². The van der Waals surface area contributed by atoms with Gasteiger partial charge in [-0.15, -0.1) is 0 Å². The van der Waals surface area contributed by atoms with E-state index in [1.165, 1.54) is 24.3 Å². The van der Waals surface area contributed by atoms with Crippen LogP contribution in [0.15, 0.2) is 48.5 Å². The highest BCUT2D eigenvalue weighted by atomic mass is 35.5. The monoisotopic (exact) mass is 321 g/mol. The third-order valence-electron chi connectivity index (χ3n) is 2.72. The molecule has 0 saturated carbocycles. The highest BCUT2D eigenvalue weighted by Gasteiger charge is 2.17. The summed E-state index contributed by atoms with van der Waals surface area (Å²) < 4.78 is 10.5. The van der Waals surface area contributed by atoms with Crippen molar-refractivity contribution in [2.75, 3.05) is 0 Å². The summed E-state index contributed by atoms with van der Waals surface area (Å²) in [5.74, 6) is 0.0866. The molecule has 0 aromatic heterocycles. The molecule has 2 aromatic rings. The Morgan fingerprint density at radius 3 is 2.18 bits per heavy atom. The molecule has 0 amide bonds. The zero-order valence-electron chi connectivity index (χ0n) is 11.6. The number of nitro benzene ring substituents is 1. The second-order valence-electron chi connectivity index (χ2n) is 4.39. The van der Waals surface area contributed by atoms with E-state index in [0.717, 1.165) is 0 Å². The van der Waals surface area contributed by atoms with Crippen molar-refractivity contribution in [3.05, 3.63) is 63.7 Å². The van der Waals surface area contributed by atoms with Gasteiger partial charge in [0.05, 0.1) is 4.92 Å². The molecular weight excluding hydrogens is 310 g/mol. The van der Waals surface area contributed by atoms with Crippen LogP contribution in [-0.2, 0) is 4.79 Å². The van der Waals surface area contributed by atoms with E-state index in [9.17, 15) is 14.9 Å². The first-order valence-corrected chi connectivity index (χ1v) is 6.72. The number of hydrogen-bond acceptors (Lipinski definition) is 5. The smallest absolute Gasteiger partial charge is 0.352 e. The molecule has 1 atom stereocenters. The fourth-order valence-corrected chi connectivity index (χ4v) is 1.73. The van der Waals surface area contributed by atoms with Crippen LogP contribution in [0.4, 0.5) is 5.69 Å². The molecule has 7 heteroatoms. The van der Waals surface area contributed by atoms with Crippen molar-refractivity contribution in [3.63, 3.8) is 0 Å². The molecule has 0 aliphatic rings. The van der Waals surface area contributed by atoms with Crippen molar-refractivity contribution in [2.24, 2.45) is 0 Å². The third kappa shape index (κ3) is 4.20. The number of carbonyl (C=O) groups is 1. The van der Waals surface area contributed by atoms with Gasteiger partial charge in [0.15, 0.2) is 6.10 Å². The van der Waals surface area contributed by atoms with E-state index < -0.39 is 17.0 Å². The lowest BCUT2D eigenvalue weighted by Crippen LogP contribution is -2.28. The van der Waals surface area contributed by atoms with Crippen LogP contribution in [0.25, 0.3) is 0 Å². The molecule has 0 aliphatic heterocycles. The number of rotatable bonds is 5. The van der Waals surface area contributed by atoms with E-state index in [0.29, 0.717) is 10.8 Å². The number of esters is 1. The molecule has 0 saturated heterocycles. The number of ether oxygens (including phenoxy) is 2. The van der Waals surface area contributed by atoms with E-state index in [1.54, 1.807) is 31.2 Å². The number of benzene rings is 2. The molecule has 6 nitrogen and oxygen atoms in total. The van der Waals surface area contributed by atoms with Gasteiger partial charge in [0.2, 0.25) is 0 Å². The molecular formula is C15H12ClNO5. The van der Waals surface area contributed by atoms with Crippen LogP contribution in [-0.4, -0.2) is 17.0 Å². The average Bonchev–Trinajstić information content (AvgIpc) is 2.50. The van der Waals surface area contributed by atoms with Crippen molar-refractivity contribution < 1.29 is 19.2 Å². The maximum atomic E-state index is 11.9. The minimum atomic E-state index is -0.837. The Morgan fingerprint density at radius 1 is 1.09 bits per heavy atom. The first-order chi connectivity index (χ1) is 10.5. The van der Waals surface area contributed by atoms with E-state index >= 15 is 0 Å². The van der Waals surface area contributed by atoms with Crippen molar-refractivity contribution in [1.29, 1.82) is 0 Å². The van der Waals surface area contributed by atoms with E-state index in [2.05, 4.69) is 0 Å². The quantitative estimate of drug-likeness (QED) is 0.364. The zero-order chi connectivity index (χ0) is 16.1. The number of non-ortho nitro benzene ring substituents is 1. The summed E-state index contributed by atoms with van der Waals surface area (Å²) in [6, 6.07) is 11.8. The fourth-order valence-electron chi connectivity index (χ4n) is 1.60. The number of halogens is 1. The van der Waals surface area contributed by atoms with Gasteiger partial charge in [-0.3, -0.25) is 10.1 Å². The Hall–Kier alpha value is -2.60. The molecule has 2 rings (SSSR count). The minimum absolute atomic E-state index is 0.0785. The van der Waals surface area contributed by atoms with Gasteiger partial charge < -0.3 is 9.47 Å². The highest BCUT2D eigenvalue weighted by molar-refractivity contribution is 6.30. The van der Waals surface area contributed by atoms with Crippen LogP contribution >= 0.6 is 11.6 Å². The molecule has 0 N–H and O–H groups in total. The summed E-state index contributed by atoms with van der Waals surface area (Å²) in [4.78, 5) is 21.9. The van der Waals surface area contributed by atoms with Gasteiger partial charge in [0.25, 0.3) is 5.69 Å². The number of nitro groups is 1. The lowest BCUT2D eigenvalue weighted by atomic mass is 10.3. The second-order valence-corrected chi connectivity index (χ2v) is 4.82. The second kappa shape index (κ2) is 6.91. The normalized spacial score (nSPS) is 11.5. The molecule has 114 valence electrons. The minimum Gasteiger partial charge on any atom is -0.479 e. The Balaban J connectivity index is 1.95. The fraction of sp³-hybridized carbons (Fsp3) is 0.133. The maximum Gasteiger partial charge on any atom is 0.352 e. The highest BCUT2D eigenvalue weighted by Crippen LogP contribution is 2.19. The molecule has 0 fully saturated rings. The topological polar surface area (TPSA) is 78.7 Å². The molecule has 0 unspecified atom stereocenters. The van der Waals surface area contributed by atoms with Gasteiger partial charge in [0.1, 0.15) is 11.5 Å². The Bertz CT molecular complexity index is 669. The van der Waals surface area contributed by atoms with E-state index in [-0.39, 0.29) is 11.4 Å². The summed E-state index contributed by atoms with van der Waals surface area (Å²) in [7, 11) is 0. The molecule has 0 spiro atoms. The third-order valence-corrected chi connectivity index (χ3v) is 2.98. The lowest BCUT2D eigenvalue weighted by molar-refractivity contribution is -0.384. The standard InChI is InChI=1S/C15H12ClNO5/c1-10(21-13-6-2-11(16)3-7-13)15(18)22-14-8-4-12(5-9-14)17(19)20/h2-10H,1H3/t10-/m1/s1. The van der Waals surface area contributed by atoms with Crippen molar-refractivity contribution in [3.8, 4) is 11.5 Å². The van der Waals surface area contributed by atoms with Gasteiger partial charge in [0, 0.05) is 17.2 Å². The zero-order valence-corrected chi connectivity index (χ0v) is 12.3. The van der Waals surface area contributed by atoms with Gasteiger partial charge in [-0.1, -0.05) is 11.6 Å². The van der Waals surface area contributed by atoms with Crippen molar-refractivity contribution in [1.82, 2.24) is 0 Å².